The van der Waals surface area contributed by atoms with Crippen LogP contribution in [0.4, 0.5) is 5.95 Å². The van der Waals surface area contributed by atoms with Crippen molar-refractivity contribution in [3.63, 3.8) is 0 Å². The van der Waals surface area contributed by atoms with Gasteiger partial charge in [0, 0.05) is 52.3 Å². The van der Waals surface area contributed by atoms with Crippen LogP contribution in [0.5, 0.6) is 0 Å². The van der Waals surface area contributed by atoms with E-state index in [0.29, 0.717) is 18.5 Å². The molecule has 0 unspecified atom stereocenters. The molecule has 1 aliphatic heterocycles. The van der Waals surface area contributed by atoms with Crippen LogP contribution in [0.1, 0.15) is 28.8 Å². The number of carbonyl (C=O) groups is 1. The molecule has 4 N–H and O–H groups in total. The van der Waals surface area contributed by atoms with Crippen molar-refractivity contribution in [3.8, 4) is 0 Å². The van der Waals surface area contributed by atoms with Crippen molar-refractivity contribution in [2.45, 2.75) is 19.4 Å². The maximum absolute atomic E-state index is 11.4. The molecule has 3 heterocycles. The zero-order valence-corrected chi connectivity index (χ0v) is 17.5. The van der Waals surface area contributed by atoms with Crippen molar-refractivity contribution in [1.82, 2.24) is 35.3 Å². The summed E-state index contributed by atoms with van der Waals surface area (Å²) in [6.07, 6.45) is 4.87. The van der Waals surface area contributed by atoms with Crippen molar-refractivity contribution < 1.29 is 10.0 Å². The molecule has 0 atom stereocenters. The molecule has 0 bridgehead atoms. The lowest BCUT2D eigenvalue weighted by atomic mass is 9.96. The largest absolute Gasteiger partial charge is 0.341 e. The number of anilines is 1. The highest BCUT2D eigenvalue weighted by Gasteiger charge is 2.23. The van der Waals surface area contributed by atoms with Crippen LogP contribution in [0.25, 0.3) is 11.0 Å². The molecule has 31 heavy (non-hydrogen) atoms. The van der Waals surface area contributed by atoms with Gasteiger partial charge in [0.05, 0.1) is 11.1 Å². The van der Waals surface area contributed by atoms with Crippen LogP contribution < -0.4 is 16.1 Å². The van der Waals surface area contributed by atoms with Gasteiger partial charge in [-0.3, -0.25) is 14.9 Å². The van der Waals surface area contributed by atoms with Crippen molar-refractivity contribution in [1.29, 1.82) is 0 Å². The summed E-state index contributed by atoms with van der Waals surface area (Å²) in [5.41, 5.74) is 10.9. The topological polar surface area (TPSA) is 138 Å². The smallest absolute Gasteiger partial charge is 0.277 e. The van der Waals surface area contributed by atoms with Gasteiger partial charge in [0.2, 0.25) is 5.95 Å². The number of rotatable bonds is 7. The fourth-order valence-corrected chi connectivity index (χ4v) is 3.99. The number of amides is 1. The number of fused-ring (bicyclic) bond motifs is 1. The van der Waals surface area contributed by atoms with Gasteiger partial charge < -0.3 is 10.6 Å². The molecule has 0 saturated carbocycles. The number of hydrogen-bond donors (Lipinski definition) is 3. The normalized spacial score (nSPS) is 15.0. The minimum Gasteiger partial charge on any atom is -0.341 e. The number of nitrogens with two attached hydrogens (primary N) is 1. The summed E-state index contributed by atoms with van der Waals surface area (Å²) >= 11 is 0. The number of aryl methyl sites for hydroxylation is 1. The standard InChI is InChI=1S/C20H27N9O2/c1-27-18-3-2-15(8-17(18)24-26-27)12-28(13-21)11-14-4-6-29(7-5-14)20-22-9-16(10-23-20)19(30)25-31/h2-3,8-10,14,31H,4-7,11-13,21H2,1H3,(H,25,30). The minimum atomic E-state index is -0.620. The molecular weight excluding hydrogens is 398 g/mol. The predicted molar refractivity (Wildman–Crippen MR) is 114 cm³/mol. The van der Waals surface area contributed by atoms with Crippen molar-refractivity contribution in [2.75, 3.05) is 31.2 Å². The van der Waals surface area contributed by atoms with Gasteiger partial charge in [-0.1, -0.05) is 11.3 Å². The second kappa shape index (κ2) is 9.33. The van der Waals surface area contributed by atoms with E-state index in [-0.39, 0.29) is 5.56 Å². The third kappa shape index (κ3) is 4.79. The summed E-state index contributed by atoms with van der Waals surface area (Å²) in [5, 5.41) is 16.9. The molecule has 1 fully saturated rings. The van der Waals surface area contributed by atoms with E-state index in [0.717, 1.165) is 50.1 Å². The SMILES string of the molecule is Cn1nnc2cc(CN(CN)CC3CCN(c4ncc(C(=O)NO)cn4)CC3)ccc21. The van der Waals surface area contributed by atoms with E-state index in [1.807, 2.05) is 13.1 Å². The fourth-order valence-electron chi connectivity index (χ4n) is 3.99. The second-order valence-electron chi connectivity index (χ2n) is 7.87. The van der Waals surface area contributed by atoms with Crippen LogP contribution >= 0.6 is 0 Å². The molecule has 1 aliphatic rings. The summed E-state index contributed by atoms with van der Waals surface area (Å²) in [6.45, 7) is 3.90. The Hall–Kier alpha value is -3.15. The average molecular weight is 425 g/mol. The number of nitrogens with zero attached hydrogens (tertiary/aromatic N) is 7. The second-order valence-corrected chi connectivity index (χ2v) is 7.87. The molecule has 0 aliphatic carbocycles. The average Bonchev–Trinajstić information content (AvgIpc) is 3.18. The van der Waals surface area contributed by atoms with Crippen LogP contribution in [0.3, 0.4) is 0 Å². The lowest BCUT2D eigenvalue weighted by Gasteiger charge is -2.34. The fraction of sp³-hybridized carbons (Fsp3) is 0.450. The van der Waals surface area contributed by atoms with E-state index in [1.165, 1.54) is 18.0 Å². The van der Waals surface area contributed by atoms with E-state index < -0.39 is 5.91 Å². The molecule has 11 nitrogen and oxygen atoms in total. The van der Waals surface area contributed by atoms with Crippen LogP contribution in [0.15, 0.2) is 30.6 Å². The van der Waals surface area contributed by atoms with Gasteiger partial charge in [-0.2, -0.15) is 0 Å². The highest BCUT2D eigenvalue weighted by atomic mass is 16.5. The first-order chi connectivity index (χ1) is 15.1. The summed E-state index contributed by atoms with van der Waals surface area (Å²) in [7, 11) is 1.89. The number of piperidine rings is 1. The zero-order valence-electron chi connectivity index (χ0n) is 17.5. The van der Waals surface area contributed by atoms with Crippen molar-refractivity contribution in [3.05, 3.63) is 41.7 Å². The summed E-state index contributed by atoms with van der Waals surface area (Å²) in [5.74, 6) is 0.519. The number of hydrogen-bond acceptors (Lipinski definition) is 9. The lowest BCUT2D eigenvalue weighted by molar-refractivity contribution is 0.0705. The Morgan fingerprint density at radius 3 is 2.71 bits per heavy atom. The Balaban J connectivity index is 1.31. The Morgan fingerprint density at radius 2 is 2.03 bits per heavy atom. The van der Waals surface area contributed by atoms with E-state index in [4.69, 9.17) is 10.9 Å². The molecule has 2 aromatic heterocycles. The number of nitrogens with one attached hydrogen (secondary N) is 1. The molecule has 1 amide bonds. The van der Waals surface area contributed by atoms with Gasteiger partial charge in [0.1, 0.15) is 5.52 Å². The Morgan fingerprint density at radius 1 is 1.29 bits per heavy atom. The number of carbonyl (C=O) groups excluding carboxylic acids is 1. The highest BCUT2D eigenvalue weighted by molar-refractivity contribution is 5.92. The lowest BCUT2D eigenvalue weighted by Crippen LogP contribution is -2.40. The molecule has 11 heteroatoms. The van der Waals surface area contributed by atoms with Crippen LogP contribution in [0.2, 0.25) is 0 Å². The first-order valence-electron chi connectivity index (χ1n) is 10.3. The van der Waals surface area contributed by atoms with Crippen LogP contribution in [-0.4, -0.2) is 67.3 Å². The third-order valence-corrected chi connectivity index (χ3v) is 5.76. The monoisotopic (exact) mass is 425 g/mol. The van der Waals surface area contributed by atoms with Gasteiger partial charge in [-0.25, -0.2) is 20.1 Å². The first kappa shape index (κ1) is 21.1. The quantitative estimate of drug-likeness (QED) is 0.281. The van der Waals surface area contributed by atoms with Gasteiger partial charge in [-0.05, 0) is 36.5 Å². The van der Waals surface area contributed by atoms with Gasteiger partial charge in [0.15, 0.2) is 0 Å². The third-order valence-electron chi connectivity index (χ3n) is 5.76. The summed E-state index contributed by atoms with van der Waals surface area (Å²) in [4.78, 5) is 24.3. The summed E-state index contributed by atoms with van der Waals surface area (Å²) in [6, 6.07) is 6.23. The van der Waals surface area contributed by atoms with Gasteiger partial charge >= 0.3 is 0 Å². The van der Waals surface area contributed by atoms with E-state index in [1.54, 1.807) is 10.2 Å². The zero-order chi connectivity index (χ0) is 21.8. The minimum absolute atomic E-state index is 0.222. The maximum atomic E-state index is 11.4. The number of aromatic nitrogens is 5. The molecule has 3 aromatic rings. The molecule has 1 saturated heterocycles. The molecule has 4 rings (SSSR count). The Labute approximate surface area is 179 Å². The number of hydroxylamine groups is 1. The molecule has 0 radical (unpaired) electrons. The first-order valence-corrected chi connectivity index (χ1v) is 10.3. The maximum Gasteiger partial charge on any atom is 0.277 e. The Kier molecular flexibility index (Phi) is 6.35. The molecular formula is C20H27N9O2. The van der Waals surface area contributed by atoms with E-state index in [2.05, 4.69) is 42.2 Å². The van der Waals surface area contributed by atoms with E-state index in [9.17, 15) is 4.79 Å². The van der Waals surface area contributed by atoms with Crippen molar-refractivity contribution in [2.24, 2.45) is 18.7 Å². The highest BCUT2D eigenvalue weighted by Crippen LogP contribution is 2.22. The van der Waals surface area contributed by atoms with Crippen LogP contribution in [-0.2, 0) is 13.6 Å². The predicted octanol–water partition coefficient (Wildman–Crippen LogP) is 0.512. The van der Waals surface area contributed by atoms with Gasteiger partial charge in [0.25, 0.3) is 5.91 Å². The Bertz CT molecular complexity index is 1030. The molecule has 1 aromatic carbocycles. The number of benzene rings is 1. The van der Waals surface area contributed by atoms with Crippen LogP contribution in [0, 0.1) is 5.92 Å². The van der Waals surface area contributed by atoms with Gasteiger partial charge in [-0.15, -0.1) is 5.10 Å². The summed E-state index contributed by atoms with van der Waals surface area (Å²) < 4.78 is 1.77. The van der Waals surface area contributed by atoms with E-state index >= 15 is 0 Å². The van der Waals surface area contributed by atoms with Crippen molar-refractivity contribution >= 4 is 22.9 Å². The molecule has 0 spiro atoms. The molecule has 164 valence electrons.